The minimum Gasteiger partial charge on any atom is -0.479 e. The van der Waals surface area contributed by atoms with Crippen molar-refractivity contribution in [3.8, 4) is 0 Å². The molecule has 2 aromatic rings. The second-order valence-corrected chi connectivity index (χ2v) is 5.19. The number of pyridine rings is 1. The van der Waals surface area contributed by atoms with Gasteiger partial charge in [0.2, 0.25) is 0 Å². The van der Waals surface area contributed by atoms with Crippen molar-refractivity contribution >= 4 is 23.0 Å². The van der Waals surface area contributed by atoms with Gasteiger partial charge in [0, 0.05) is 29.5 Å². The number of carboxylic acid groups (broad SMARTS) is 1. The average molecular weight is 260 g/mol. The molecule has 1 aliphatic heterocycles. The summed E-state index contributed by atoms with van der Waals surface area (Å²) in [5, 5.41) is 11.5. The Kier molecular flexibility index (Phi) is 2.76. The Morgan fingerprint density at radius 1 is 1.39 bits per heavy atom. The third kappa shape index (κ3) is 1.76. The van der Waals surface area contributed by atoms with Crippen LogP contribution < -0.4 is 4.90 Å². The summed E-state index contributed by atoms with van der Waals surface area (Å²) in [6.45, 7) is 0.731. The molecule has 0 aromatic carbocycles. The highest BCUT2D eigenvalue weighted by atomic mass is 32.1. The molecule has 0 aliphatic carbocycles. The second-order valence-electron chi connectivity index (χ2n) is 4.19. The van der Waals surface area contributed by atoms with Gasteiger partial charge >= 0.3 is 5.97 Å². The number of hydrogen-bond donors (Lipinski definition) is 1. The molecule has 18 heavy (non-hydrogen) atoms. The standard InChI is InChI=1S/C13H12N2O2S/c16-13(17)12-10-4-8-18-11(10)3-7-15(12)9-1-5-14-6-2-9/h1-2,4-6,8,12H,3,7H2,(H,16,17). The average Bonchev–Trinajstić information content (AvgIpc) is 2.86. The zero-order chi connectivity index (χ0) is 12.5. The van der Waals surface area contributed by atoms with Gasteiger partial charge in [-0.2, -0.15) is 0 Å². The van der Waals surface area contributed by atoms with Crippen LogP contribution >= 0.6 is 11.3 Å². The number of hydrogen-bond acceptors (Lipinski definition) is 4. The number of carbonyl (C=O) groups is 1. The molecule has 5 heteroatoms. The summed E-state index contributed by atoms with van der Waals surface area (Å²) in [5.74, 6) is -0.800. The highest BCUT2D eigenvalue weighted by Crippen LogP contribution is 2.36. The van der Waals surface area contributed by atoms with Gasteiger partial charge in [0.1, 0.15) is 0 Å². The normalized spacial score (nSPS) is 18.4. The van der Waals surface area contributed by atoms with Crippen LogP contribution in [0.1, 0.15) is 16.5 Å². The Bertz CT molecular complexity index is 567. The van der Waals surface area contributed by atoms with Crippen molar-refractivity contribution in [2.45, 2.75) is 12.5 Å². The smallest absolute Gasteiger partial charge is 0.331 e. The quantitative estimate of drug-likeness (QED) is 0.900. The van der Waals surface area contributed by atoms with E-state index in [1.165, 1.54) is 4.88 Å². The highest BCUT2D eigenvalue weighted by molar-refractivity contribution is 7.10. The zero-order valence-electron chi connectivity index (χ0n) is 9.61. The minimum atomic E-state index is -0.800. The van der Waals surface area contributed by atoms with Crippen LogP contribution in [0, 0.1) is 0 Å². The van der Waals surface area contributed by atoms with Gasteiger partial charge in [-0.15, -0.1) is 11.3 Å². The Morgan fingerprint density at radius 3 is 2.89 bits per heavy atom. The minimum absolute atomic E-state index is 0.581. The first-order chi connectivity index (χ1) is 8.77. The molecule has 0 bridgehead atoms. The SMILES string of the molecule is O=C(O)C1c2ccsc2CCN1c1ccncc1. The first-order valence-electron chi connectivity index (χ1n) is 5.73. The van der Waals surface area contributed by atoms with Crippen LogP contribution in [0.4, 0.5) is 5.69 Å². The Hall–Kier alpha value is -1.88. The van der Waals surface area contributed by atoms with Gasteiger partial charge in [-0.25, -0.2) is 4.79 Å². The third-order valence-electron chi connectivity index (χ3n) is 3.19. The van der Waals surface area contributed by atoms with Gasteiger partial charge in [0.05, 0.1) is 0 Å². The topological polar surface area (TPSA) is 53.4 Å². The zero-order valence-corrected chi connectivity index (χ0v) is 10.4. The predicted octanol–water partition coefficient (Wildman–Crippen LogP) is 2.33. The summed E-state index contributed by atoms with van der Waals surface area (Å²) < 4.78 is 0. The van der Waals surface area contributed by atoms with Crippen LogP contribution in [-0.2, 0) is 11.2 Å². The molecule has 0 saturated heterocycles. The monoisotopic (exact) mass is 260 g/mol. The van der Waals surface area contributed by atoms with Crippen molar-refractivity contribution in [3.63, 3.8) is 0 Å². The molecule has 0 spiro atoms. The van der Waals surface area contributed by atoms with Gasteiger partial charge in [-0.3, -0.25) is 4.98 Å². The number of nitrogens with zero attached hydrogens (tertiary/aromatic N) is 2. The van der Waals surface area contributed by atoms with Crippen LogP contribution in [0.5, 0.6) is 0 Å². The lowest BCUT2D eigenvalue weighted by atomic mass is 9.99. The van der Waals surface area contributed by atoms with Gasteiger partial charge < -0.3 is 10.0 Å². The fourth-order valence-corrected chi connectivity index (χ4v) is 3.30. The molecule has 1 unspecified atom stereocenters. The van der Waals surface area contributed by atoms with Gasteiger partial charge in [0.25, 0.3) is 0 Å². The van der Waals surface area contributed by atoms with Crippen LogP contribution in [0.25, 0.3) is 0 Å². The number of thiophene rings is 1. The van der Waals surface area contributed by atoms with E-state index in [0.29, 0.717) is 0 Å². The summed E-state index contributed by atoms with van der Waals surface area (Å²) in [7, 11) is 0. The number of rotatable bonds is 2. The molecule has 1 N–H and O–H groups in total. The number of fused-ring (bicyclic) bond motifs is 1. The highest BCUT2D eigenvalue weighted by Gasteiger charge is 2.33. The van der Waals surface area contributed by atoms with Crippen molar-refractivity contribution in [2.75, 3.05) is 11.4 Å². The fourth-order valence-electron chi connectivity index (χ4n) is 2.40. The maximum Gasteiger partial charge on any atom is 0.331 e. The molecule has 3 rings (SSSR count). The van der Waals surface area contributed by atoms with E-state index < -0.39 is 12.0 Å². The lowest BCUT2D eigenvalue weighted by molar-refractivity contribution is -0.138. The number of anilines is 1. The van der Waals surface area contributed by atoms with Crippen molar-refractivity contribution in [1.82, 2.24) is 4.98 Å². The molecular weight excluding hydrogens is 248 g/mol. The maximum absolute atomic E-state index is 11.5. The van der Waals surface area contributed by atoms with E-state index >= 15 is 0 Å². The predicted molar refractivity (Wildman–Crippen MR) is 70.0 cm³/mol. The Morgan fingerprint density at radius 2 is 2.17 bits per heavy atom. The Labute approximate surface area is 109 Å². The first kappa shape index (κ1) is 11.2. The Balaban J connectivity index is 2.04. The van der Waals surface area contributed by atoms with Crippen molar-refractivity contribution in [1.29, 1.82) is 0 Å². The number of carboxylic acids is 1. The molecule has 4 nitrogen and oxygen atoms in total. The van der Waals surface area contributed by atoms with E-state index in [1.54, 1.807) is 23.7 Å². The molecule has 0 saturated carbocycles. The molecule has 0 amide bonds. The van der Waals surface area contributed by atoms with Gasteiger partial charge in [0.15, 0.2) is 6.04 Å². The molecule has 3 heterocycles. The molecule has 1 atom stereocenters. The van der Waals surface area contributed by atoms with Crippen LogP contribution in [0.15, 0.2) is 36.0 Å². The first-order valence-corrected chi connectivity index (χ1v) is 6.61. The summed E-state index contributed by atoms with van der Waals surface area (Å²) in [4.78, 5) is 18.6. The van der Waals surface area contributed by atoms with Crippen molar-refractivity contribution in [2.24, 2.45) is 0 Å². The van der Waals surface area contributed by atoms with Crippen LogP contribution in [0.2, 0.25) is 0 Å². The van der Waals surface area contributed by atoms with Crippen LogP contribution in [0.3, 0.4) is 0 Å². The molecule has 0 fully saturated rings. The van der Waals surface area contributed by atoms with E-state index in [9.17, 15) is 9.90 Å². The van der Waals surface area contributed by atoms with E-state index in [0.717, 1.165) is 24.2 Å². The molecule has 2 aromatic heterocycles. The van der Waals surface area contributed by atoms with Gasteiger partial charge in [-0.05, 0) is 35.6 Å². The van der Waals surface area contributed by atoms with Crippen molar-refractivity contribution < 1.29 is 9.90 Å². The molecule has 1 aliphatic rings. The van der Waals surface area contributed by atoms with Crippen LogP contribution in [-0.4, -0.2) is 22.6 Å². The fraction of sp³-hybridized carbons (Fsp3) is 0.231. The third-order valence-corrected chi connectivity index (χ3v) is 4.19. The van der Waals surface area contributed by atoms with Gasteiger partial charge in [-0.1, -0.05) is 0 Å². The summed E-state index contributed by atoms with van der Waals surface area (Å²) >= 11 is 1.64. The summed E-state index contributed by atoms with van der Waals surface area (Å²) in [6.07, 6.45) is 4.29. The van der Waals surface area contributed by atoms with E-state index in [4.69, 9.17) is 0 Å². The summed E-state index contributed by atoms with van der Waals surface area (Å²) in [6, 6.07) is 5.05. The summed E-state index contributed by atoms with van der Waals surface area (Å²) in [5.41, 5.74) is 1.84. The molecule has 0 radical (unpaired) electrons. The maximum atomic E-state index is 11.5. The lowest BCUT2D eigenvalue weighted by Gasteiger charge is -2.34. The number of aromatic nitrogens is 1. The van der Waals surface area contributed by atoms with E-state index in [-0.39, 0.29) is 0 Å². The van der Waals surface area contributed by atoms with Crippen molar-refractivity contribution in [3.05, 3.63) is 46.4 Å². The lowest BCUT2D eigenvalue weighted by Crippen LogP contribution is -2.39. The second kappa shape index (κ2) is 4.42. The largest absolute Gasteiger partial charge is 0.479 e. The van der Waals surface area contributed by atoms with E-state index in [2.05, 4.69) is 4.98 Å². The molecular formula is C13H12N2O2S. The van der Waals surface area contributed by atoms with E-state index in [1.807, 2.05) is 28.5 Å². The molecule has 92 valence electrons. The number of aliphatic carboxylic acids is 1.